The molecule has 2 aliphatic rings. The molecule has 1 aromatic heterocycles. The lowest BCUT2D eigenvalue weighted by atomic mass is 9.85. The number of halogens is 1. The van der Waals surface area contributed by atoms with Crippen molar-refractivity contribution in [3.63, 3.8) is 0 Å². The van der Waals surface area contributed by atoms with Gasteiger partial charge >= 0.3 is 0 Å². The lowest BCUT2D eigenvalue weighted by Crippen LogP contribution is -2.56. The molecule has 8 nitrogen and oxygen atoms in total. The SMILES string of the molecule is C=C(NC(C(=O)N1C[C@H](O)C[C@H]1C(=O)NCc1ccc(-c2scnc2C)cc1O)C(C)(C)C)C1(F)CC1. The summed E-state index contributed by atoms with van der Waals surface area (Å²) in [5.41, 5.74) is 2.07. The van der Waals surface area contributed by atoms with Gasteiger partial charge in [-0.25, -0.2) is 9.37 Å². The average Bonchev–Trinajstić information content (AvgIpc) is 3.23. The topological polar surface area (TPSA) is 115 Å². The lowest BCUT2D eigenvalue weighted by Gasteiger charge is -2.36. The fourth-order valence-corrected chi connectivity index (χ4v) is 5.37. The molecule has 0 spiro atoms. The number of hydrogen-bond donors (Lipinski definition) is 4. The molecule has 2 aromatic rings. The first-order valence-electron chi connectivity index (χ1n) is 12.4. The van der Waals surface area contributed by atoms with Crippen LogP contribution in [0.15, 0.2) is 36.0 Å². The Morgan fingerprint density at radius 2 is 2.05 bits per heavy atom. The largest absolute Gasteiger partial charge is 0.508 e. The van der Waals surface area contributed by atoms with Crippen LogP contribution in [0.2, 0.25) is 0 Å². The highest BCUT2D eigenvalue weighted by atomic mass is 32.1. The molecule has 2 amide bonds. The van der Waals surface area contributed by atoms with E-state index < -0.39 is 35.2 Å². The van der Waals surface area contributed by atoms with Crippen LogP contribution in [0.25, 0.3) is 10.4 Å². The first-order chi connectivity index (χ1) is 17.3. The highest BCUT2D eigenvalue weighted by molar-refractivity contribution is 7.13. The molecular weight excluding hydrogens is 495 g/mol. The molecule has 1 saturated carbocycles. The van der Waals surface area contributed by atoms with Crippen LogP contribution >= 0.6 is 11.3 Å². The number of nitrogens with one attached hydrogen (secondary N) is 2. The molecule has 1 saturated heterocycles. The van der Waals surface area contributed by atoms with Crippen LogP contribution in [-0.4, -0.2) is 62.3 Å². The van der Waals surface area contributed by atoms with Gasteiger partial charge in [-0.1, -0.05) is 39.5 Å². The molecule has 37 heavy (non-hydrogen) atoms. The van der Waals surface area contributed by atoms with Gasteiger partial charge in [0.25, 0.3) is 0 Å². The number of aryl methyl sites for hydroxylation is 1. The molecule has 0 radical (unpaired) electrons. The summed E-state index contributed by atoms with van der Waals surface area (Å²) in [6.07, 6.45) is -0.0167. The molecule has 1 aliphatic heterocycles. The number of carbonyl (C=O) groups excluding carboxylic acids is 2. The molecule has 4 rings (SSSR count). The van der Waals surface area contributed by atoms with Crippen LogP contribution in [0.1, 0.15) is 51.3 Å². The van der Waals surface area contributed by atoms with Crippen molar-refractivity contribution in [1.82, 2.24) is 20.5 Å². The van der Waals surface area contributed by atoms with Crippen LogP contribution in [0.5, 0.6) is 5.75 Å². The minimum absolute atomic E-state index is 0.00652. The van der Waals surface area contributed by atoms with E-state index in [2.05, 4.69) is 22.2 Å². The number of benzene rings is 1. The number of phenols is 1. The summed E-state index contributed by atoms with van der Waals surface area (Å²) >= 11 is 1.48. The van der Waals surface area contributed by atoms with Crippen molar-refractivity contribution in [3.8, 4) is 16.2 Å². The zero-order valence-corrected chi connectivity index (χ0v) is 22.5. The molecule has 2 fully saturated rings. The third-order valence-corrected chi connectivity index (χ3v) is 8.05. The molecule has 4 N–H and O–H groups in total. The molecule has 1 unspecified atom stereocenters. The number of rotatable bonds is 8. The van der Waals surface area contributed by atoms with Crippen LogP contribution < -0.4 is 10.6 Å². The first kappa shape index (κ1) is 27.1. The van der Waals surface area contributed by atoms with Crippen molar-refractivity contribution in [1.29, 1.82) is 0 Å². The number of hydrogen-bond acceptors (Lipinski definition) is 7. The summed E-state index contributed by atoms with van der Waals surface area (Å²) in [6, 6.07) is 3.54. The number of nitrogens with zero attached hydrogens (tertiary/aromatic N) is 2. The van der Waals surface area contributed by atoms with Gasteiger partial charge in [-0.15, -0.1) is 11.3 Å². The maximum absolute atomic E-state index is 14.6. The predicted molar refractivity (Wildman–Crippen MR) is 141 cm³/mol. The first-order valence-corrected chi connectivity index (χ1v) is 13.3. The van der Waals surface area contributed by atoms with Crippen LogP contribution in [0, 0.1) is 12.3 Å². The van der Waals surface area contributed by atoms with Crippen molar-refractivity contribution < 1.29 is 24.2 Å². The van der Waals surface area contributed by atoms with E-state index in [0.717, 1.165) is 16.1 Å². The van der Waals surface area contributed by atoms with Crippen molar-refractivity contribution in [3.05, 3.63) is 47.2 Å². The van der Waals surface area contributed by atoms with Gasteiger partial charge in [-0.05, 0) is 36.8 Å². The van der Waals surface area contributed by atoms with Gasteiger partial charge in [0.2, 0.25) is 11.8 Å². The average molecular weight is 531 g/mol. The van der Waals surface area contributed by atoms with E-state index in [4.69, 9.17) is 0 Å². The maximum atomic E-state index is 14.6. The smallest absolute Gasteiger partial charge is 0.246 e. The summed E-state index contributed by atoms with van der Waals surface area (Å²) in [5, 5.41) is 26.6. The normalized spacial score (nSPS) is 21.4. The summed E-state index contributed by atoms with van der Waals surface area (Å²) in [4.78, 5) is 33.3. The van der Waals surface area contributed by atoms with Crippen LogP contribution in [0.4, 0.5) is 4.39 Å². The number of alkyl halides is 1. The maximum Gasteiger partial charge on any atom is 0.246 e. The molecule has 2 heterocycles. The molecular formula is C27H35FN4O4S. The Morgan fingerprint density at radius 1 is 1.35 bits per heavy atom. The van der Waals surface area contributed by atoms with Gasteiger partial charge in [0.05, 0.1) is 22.2 Å². The number of thiazole rings is 1. The number of allylic oxidation sites excluding steroid dienone is 1. The predicted octanol–water partition coefficient (Wildman–Crippen LogP) is 3.42. The summed E-state index contributed by atoms with van der Waals surface area (Å²) < 4.78 is 14.6. The Balaban J connectivity index is 1.45. The zero-order chi connectivity index (χ0) is 27.1. The van der Waals surface area contributed by atoms with Gasteiger partial charge in [0.15, 0.2) is 0 Å². The number of aromatic hydroxyl groups is 1. The molecule has 3 atom stereocenters. The minimum Gasteiger partial charge on any atom is -0.508 e. The van der Waals surface area contributed by atoms with E-state index in [0.29, 0.717) is 18.4 Å². The van der Waals surface area contributed by atoms with Gasteiger partial charge in [-0.3, -0.25) is 9.59 Å². The summed E-state index contributed by atoms with van der Waals surface area (Å²) in [6.45, 7) is 11.3. The Kier molecular flexibility index (Phi) is 7.36. The minimum atomic E-state index is -1.50. The highest BCUT2D eigenvalue weighted by Gasteiger charge is 2.49. The van der Waals surface area contributed by atoms with E-state index in [1.807, 2.05) is 33.8 Å². The zero-order valence-electron chi connectivity index (χ0n) is 21.7. The monoisotopic (exact) mass is 530 g/mol. The van der Waals surface area contributed by atoms with Gasteiger partial charge < -0.3 is 25.7 Å². The Bertz CT molecular complexity index is 1200. The fourth-order valence-electron chi connectivity index (χ4n) is 4.57. The summed E-state index contributed by atoms with van der Waals surface area (Å²) in [7, 11) is 0. The second-order valence-corrected chi connectivity index (χ2v) is 12.0. The van der Waals surface area contributed by atoms with Gasteiger partial charge in [0.1, 0.15) is 23.5 Å². The fraction of sp³-hybridized carbons (Fsp3) is 0.519. The van der Waals surface area contributed by atoms with Crippen LogP contribution in [-0.2, 0) is 16.1 Å². The standard InChI is InChI=1S/C27H35FN4O4S/c1-15-22(37-14-30-15)17-6-7-18(21(34)10-17)12-29-24(35)20-11-19(33)13-32(20)25(36)23(26(3,4)5)31-16(2)27(28)8-9-27/h6-7,10,14,19-20,23,31,33-34H,2,8-9,11-13H2,1,3-5H3,(H,29,35)/t19-,20+,23?/m1/s1. The van der Waals surface area contributed by atoms with Crippen molar-refractivity contribution in [2.45, 2.75) is 77.4 Å². The van der Waals surface area contributed by atoms with Crippen molar-refractivity contribution in [2.24, 2.45) is 5.41 Å². The molecule has 0 bridgehead atoms. The Morgan fingerprint density at radius 3 is 2.62 bits per heavy atom. The third kappa shape index (κ3) is 5.80. The number of aliphatic hydroxyl groups is 1. The van der Waals surface area contributed by atoms with Crippen molar-refractivity contribution in [2.75, 3.05) is 6.54 Å². The van der Waals surface area contributed by atoms with E-state index in [1.54, 1.807) is 17.6 Å². The summed E-state index contributed by atoms with van der Waals surface area (Å²) in [5.74, 6) is -0.773. The highest BCUT2D eigenvalue weighted by Crippen LogP contribution is 2.45. The molecule has 1 aromatic carbocycles. The Hall–Kier alpha value is -2.98. The number of aromatic nitrogens is 1. The van der Waals surface area contributed by atoms with Gasteiger partial charge in [0, 0.05) is 30.8 Å². The lowest BCUT2D eigenvalue weighted by molar-refractivity contribution is -0.142. The Labute approximate surface area is 220 Å². The number of phenolic OH excluding ortho intramolecular Hbond substituents is 1. The number of β-amino-alcohol motifs (C(OH)–C–C–N with tert-alkyl or cyclic N) is 1. The third-order valence-electron chi connectivity index (χ3n) is 7.07. The van der Waals surface area contributed by atoms with E-state index in [9.17, 15) is 24.2 Å². The number of carbonyl (C=O) groups is 2. The quantitative estimate of drug-likeness (QED) is 0.416. The van der Waals surface area contributed by atoms with E-state index >= 15 is 0 Å². The molecule has 200 valence electrons. The van der Waals surface area contributed by atoms with Crippen molar-refractivity contribution >= 4 is 23.2 Å². The van der Waals surface area contributed by atoms with E-state index in [1.165, 1.54) is 16.2 Å². The van der Waals surface area contributed by atoms with E-state index in [-0.39, 0.29) is 36.9 Å². The second-order valence-electron chi connectivity index (χ2n) is 11.1. The van der Waals surface area contributed by atoms with Crippen LogP contribution in [0.3, 0.4) is 0 Å². The van der Waals surface area contributed by atoms with Gasteiger partial charge in [-0.2, -0.15) is 0 Å². The molecule has 10 heteroatoms. The molecule has 1 aliphatic carbocycles. The number of amides is 2. The number of likely N-dealkylation sites (tertiary alicyclic amines) is 1. The number of aliphatic hydroxyl groups excluding tert-OH is 1. The second kappa shape index (κ2) is 10.1.